The molecule has 2 rings (SSSR count). The highest BCUT2D eigenvalue weighted by Crippen LogP contribution is 2.24. The summed E-state index contributed by atoms with van der Waals surface area (Å²) in [5, 5.41) is 6.08. The van der Waals surface area contributed by atoms with Crippen molar-refractivity contribution in [3.63, 3.8) is 0 Å². The molecule has 1 aromatic carbocycles. The average Bonchev–Trinajstić information content (AvgIpc) is 2.65. The molecule has 154 valence electrons. The second-order valence-corrected chi connectivity index (χ2v) is 8.46. The van der Waals surface area contributed by atoms with Gasteiger partial charge in [0.15, 0.2) is 0 Å². The van der Waals surface area contributed by atoms with Gasteiger partial charge in [-0.05, 0) is 31.9 Å². The number of nitrogens with zero attached hydrogens (tertiary/aromatic N) is 1. The molecular weight excluding hydrogens is 390 g/mol. The summed E-state index contributed by atoms with van der Waals surface area (Å²) in [6.07, 6.45) is 1.10. The zero-order chi connectivity index (χ0) is 19.0. The van der Waals surface area contributed by atoms with Gasteiger partial charge in [0.05, 0.1) is 11.5 Å². The number of sulfonamides is 1. The van der Waals surface area contributed by atoms with Gasteiger partial charge in [-0.25, -0.2) is 8.42 Å². The standard InChI is InChI=1S/C18H29N3O4S.ClH/c1-15-3-5-17(6-4-15)26(23,24)21-12-7-16(8-13-21)18(22)20-10-9-19-11-14-25-2;/h3-6,16,19H,7-14H2,1-2H3,(H,20,22);1H. The highest BCUT2D eigenvalue weighted by atomic mass is 35.5. The molecule has 0 radical (unpaired) electrons. The van der Waals surface area contributed by atoms with E-state index < -0.39 is 10.0 Å². The van der Waals surface area contributed by atoms with Gasteiger partial charge in [0.1, 0.15) is 0 Å². The molecule has 2 N–H and O–H groups in total. The van der Waals surface area contributed by atoms with Crippen molar-refractivity contribution in [3.8, 4) is 0 Å². The Morgan fingerprint density at radius 2 is 1.78 bits per heavy atom. The van der Waals surface area contributed by atoms with Crippen LogP contribution in [-0.4, -0.2) is 65.1 Å². The lowest BCUT2D eigenvalue weighted by Crippen LogP contribution is -2.44. The summed E-state index contributed by atoms with van der Waals surface area (Å²) in [6, 6.07) is 6.88. The van der Waals surface area contributed by atoms with Crippen LogP contribution in [0.5, 0.6) is 0 Å². The van der Waals surface area contributed by atoms with Crippen molar-refractivity contribution in [2.45, 2.75) is 24.7 Å². The summed E-state index contributed by atoms with van der Waals surface area (Å²) in [4.78, 5) is 12.5. The molecule has 0 bridgehead atoms. The fourth-order valence-corrected chi connectivity index (χ4v) is 4.41. The molecule has 0 aliphatic carbocycles. The smallest absolute Gasteiger partial charge is 0.243 e. The Morgan fingerprint density at radius 1 is 1.15 bits per heavy atom. The van der Waals surface area contributed by atoms with Crippen molar-refractivity contribution in [2.24, 2.45) is 5.92 Å². The minimum atomic E-state index is -3.48. The van der Waals surface area contributed by atoms with Crippen LogP contribution in [0.4, 0.5) is 0 Å². The Balaban J connectivity index is 0.00000364. The van der Waals surface area contributed by atoms with Crippen LogP contribution >= 0.6 is 12.4 Å². The topological polar surface area (TPSA) is 87.7 Å². The van der Waals surface area contributed by atoms with Crippen LogP contribution in [0.2, 0.25) is 0 Å². The zero-order valence-corrected chi connectivity index (χ0v) is 17.6. The molecule has 0 unspecified atom stereocenters. The summed E-state index contributed by atoms with van der Waals surface area (Å²) in [5.74, 6) is -0.121. The molecule has 0 atom stereocenters. The van der Waals surface area contributed by atoms with Crippen LogP contribution in [0, 0.1) is 12.8 Å². The number of methoxy groups -OCH3 is 1. The number of ether oxygens (including phenoxy) is 1. The van der Waals surface area contributed by atoms with Gasteiger partial charge >= 0.3 is 0 Å². The number of halogens is 1. The van der Waals surface area contributed by atoms with Crippen LogP contribution in [0.15, 0.2) is 29.2 Å². The molecule has 0 spiro atoms. The van der Waals surface area contributed by atoms with E-state index in [0.717, 1.165) is 12.1 Å². The van der Waals surface area contributed by atoms with E-state index in [1.54, 1.807) is 31.4 Å². The predicted molar refractivity (Wildman–Crippen MR) is 108 cm³/mol. The van der Waals surface area contributed by atoms with Crippen molar-refractivity contribution in [1.82, 2.24) is 14.9 Å². The molecule has 1 aromatic rings. The van der Waals surface area contributed by atoms with Gasteiger partial charge in [0.25, 0.3) is 0 Å². The Kier molecular flexibility index (Phi) is 10.3. The maximum atomic E-state index is 12.7. The van der Waals surface area contributed by atoms with Gasteiger partial charge in [0, 0.05) is 45.8 Å². The molecule has 1 heterocycles. The number of nitrogens with one attached hydrogen (secondary N) is 2. The van der Waals surface area contributed by atoms with Gasteiger partial charge in [-0.15, -0.1) is 12.4 Å². The van der Waals surface area contributed by atoms with E-state index in [2.05, 4.69) is 10.6 Å². The van der Waals surface area contributed by atoms with E-state index in [9.17, 15) is 13.2 Å². The second-order valence-electron chi connectivity index (χ2n) is 6.53. The number of carbonyl (C=O) groups is 1. The minimum absolute atomic E-state index is 0. The lowest BCUT2D eigenvalue weighted by molar-refractivity contribution is -0.126. The quantitative estimate of drug-likeness (QED) is 0.586. The average molecular weight is 420 g/mol. The molecule has 1 aliphatic rings. The van der Waals surface area contributed by atoms with Crippen molar-refractivity contribution in [1.29, 1.82) is 0 Å². The fourth-order valence-electron chi connectivity index (χ4n) is 2.94. The number of benzene rings is 1. The number of hydrogen-bond donors (Lipinski definition) is 2. The predicted octanol–water partition coefficient (Wildman–Crippen LogP) is 1.17. The monoisotopic (exact) mass is 419 g/mol. The van der Waals surface area contributed by atoms with Crippen LogP contribution in [0.25, 0.3) is 0 Å². The van der Waals surface area contributed by atoms with E-state index in [0.29, 0.717) is 50.5 Å². The van der Waals surface area contributed by atoms with Crippen LogP contribution in [-0.2, 0) is 19.6 Å². The first-order valence-corrected chi connectivity index (χ1v) is 10.4. The van der Waals surface area contributed by atoms with Gasteiger partial charge in [-0.1, -0.05) is 17.7 Å². The number of amides is 1. The number of carbonyl (C=O) groups excluding carboxylic acids is 1. The van der Waals surface area contributed by atoms with Crippen LogP contribution < -0.4 is 10.6 Å². The SMILES string of the molecule is COCCNCCNC(=O)C1CCN(S(=O)(=O)c2ccc(C)cc2)CC1.Cl. The molecule has 7 nitrogen and oxygen atoms in total. The Hall–Kier alpha value is -1.19. The van der Waals surface area contributed by atoms with E-state index in [1.807, 2.05) is 6.92 Å². The van der Waals surface area contributed by atoms with Gasteiger partial charge in [-0.3, -0.25) is 4.79 Å². The van der Waals surface area contributed by atoms with Crippen molar-refractivity contribution < 1.29 is 17.9 Å². The number of aryl methyl sites for hydroxylation is 1. The molecule has 9 heteroatoms. The third kappa shape index (κ3) is 7.04. The molecule has 1 saturated heterocycles. The summed E-state index contributed by atoms with van der Waals surface area (Å²) in [6.45, 7) is 5.32. The number of hydrogen-bond acceptors (Lipinski definition) is 5. The molecule has 1 aliphatic heterocycles. The largest absolute Gasteiger partial charge is 0.383 e. The fraction of sp³-hybridized carbons (Fsp3) is 0.611. The molecule has 1 amide bonds. The van der Waals surface area contributed by atoms with Crippen molar-refractivity contribution in [2.75, 3.05) is 46.4 Å². The van der Waals surface area contributed by atoms with E-state index in [1.165, 1.54) is 4.31 Å². The zero-order valence-electron chi connectivity index (χ0n) is 15.9. The van der Waals surface area contributed by atoms with Crippen molar-refractivity contribution in [3.05, 3.63) is 29.8 Å². The van der Waals surface area contributed by atoms with Crippen molar-refractivity contribution >= 4 is 28.3 Å². The second kappa shape index (κ2) is 11.6. The molecule has 0 aromatic heterocycles. The maximum absolute atomic E-state index is 12.7. The third-order valence-corrected chi connectivity index (χ3v) is 6.48. The third-order valence-electron chi connectivity index (χ3n) is 4.57. The normalized spacial score (nSPS) is 15.9. The van der Waals surface area contributed by atoms with Gasteiger partial charge in [0.2, 0.25) is 15.9 Å². The van der Waals surface area contributed by atoms with Gasteiger partial charge in [-0.2, -0.15) is 4.31 Å². The summed E-state index contributed by atoms with van der Waals surface area (Å²) < 4.78 is 31.8. The minimum Gasteiger partial charge on any atom is -0.383 e. The molecular formula is C18H30ClN3O4S. The van der Waals surface area contributed by atoms with E-state index >= 15 is 0 Å². The Labute approximate surface area is 168 Å². The van der Waals surface area contributed by atoms with E-state index in [4.69, 9.17) is 4.74 Å². The first-order valence-electron chi connectivity index (χ1n) is 8.99. The van der Waals surface area contributed by atoms with Crippen LogP contribution in [0.3, 0.4) is 0 Å². The first kappa shape index (κ1) is 23.8. The summed E-state index contributed by atoms with van der Waals surface area (Å²) in [5.41, 5.74) is 1.02. The number of piperidine rings is 1. The molecule has 27 heavy (non-hydrogen) atoms. The highest BCUT2D eigenvalue weighted by Gasteiger charge is 2.31. The van der Waals surface area contributed by atoms with Crippen LogP contribution in [0.1, 0.15) is 18.4 Å². The molecule has 1 fully saturated rings. The summed E-state index contributed by atoms with van der Waals surface area (Å²) >= 11 is 0. The van der Waals surface area contributed by atoms with E-state index in [-0.39, 0.29) is 24.2 Å². The maximum Gasteiger partial charge on any atom is 0.243 e. The van der Waals surface area contributed by atoms with Gasteiger partial charge < -0.3 is 15.4 Å². The highest BCUT2D eigenvalue weighted by molar-refractivity contribution is 7.89. The lowest BCUT2D eigenvalue weighted by atomic mass is 9.97. The molecule has 0 saturated carbocycles. The first-order chi connectivity index (χ1) is 12.4. The number of rotatable bonds is 9. The summed E-state index contributed by atoms with van der Waals surface area (Å²) in [7, 11) is -1.83. The lowest BCUT2D eigenvalue weighted by Gasteiger charge is -2.30. The Bertz CT molecular complexity index is 674. The Morgan fingerprint density at radius 3 is 2.37 bits per heavy atom.